The first-order chi connectivity index (χ1) is 8.72. The summed E-state index contributed by atoms with van der Waals surface area (Å²) in [6.07, 6.45) is 2.15. The van der Waals surface area contributed by atoms with Gasteiger partial charge in [-0.1, -0.05) is 57.0 Å². The van der Waals surface area contributed by atoms with Crippen molar-refractivity contribution in [1.29, 1.82) is 0 Å². The van der Waals surface area contributed by atoms with Crippen molar-refractivity contribution in [3.05, 3.63) is 33.8 Å². The lowest BCUT2D eigenvalue weighted by Gasteiger charge is -2.32. The second kappa shape index (κ2) is 6.97. The first kappa shape index (κ1) is 16.8. The molecule has 1 nitrogen and oxygen atoms in total. The van der Waals surface area contributed by atoms with E-state index in [4.69, 9.17) is 23.2 Å². The van der Waals surface area contributed by atoms with Crippen LogP contribution in [0.25, 0.3) is 0 Å². The fourth-order valence-electron chi connectivity index (χ4n) is 2.77. The number of hydrogen-bond donors (Lipinski definition) is 1. The van der Waals surface area contributed by atoms with Gasteiger partial charge in [0.25, 0.3) is 0 Å². The van der Waals surface area contributed by atoms with E-state index in [1.54, 1.807) is 6.07 Å². The topological polar surface area (TPSA) is 20.2 Å². The van der Waals surface area contributed by atoms with E-state index >= 15 is 0 Å². The van der Waals surface area contributed by atoms with Gasteiger partial charge in [0.15, 0.2) is 0 Å². The Balaban J connectivity index is 2.93. The van der Waals surface area contributed by atoms with Gasteiger partial charge in [0.05, 0.1) is 5.60 Å². The molecule has 0 saturated carbocycles. The average molecular weight is 303 g/mol. The first-order valence-corrected chi connectivity index (χ1v) is 7.64. The Bertz CT molecular complexity index is 403. The summed E-state index contributed by atoms with van der Waals surface area (Å²) in [6, 6.07) is 5.48. The van der Waals surface area contributed by atoms with Crippen molar-refractivity contribution in [1.82, 2.24) is 0 Å². The Labute approximate surface area is 126 Å². The van der Waals surface area contributed by atoms with Gasteiger partial charge in [-0.2, -0.15) is 0 Å². The molecule has 0 unspecified atom stereocenters. The van der Waals surface area contributed by atoms with Crippen LogP contribution in [-0.2, 0) is 6.42 Å². The quantitative estimate of drug-likeness (QED) is 0.750. The maximum atomic E-state index is 10.9. The molecule has 0 aromatic heterocycles. The summed E-state index contributed by atoms with van der Waals surface area (Å²) in [6.45, 7) is 8.53. The molecule has 108 valence electrons. The molecular formula is C16H24Cl2O. The summed E-state index contributed by atoms with van der Waals surface area (Å²) < 4.78 is 0. The fraction of sp³-hybridized carbons (Fsp3) is 0.625. The Morgan fingerprint density at radius 2 is 1.58 bits per heavy atom. The smallest absolute Gasteiger partial charge is 0.0693 e. The van der Waals surface area contributed by atoms with Crippen LogP contribution in [0.5, 0.6) is 0 Å². The summed E-state index contributed by atoms with van der Waals surface area (Å²) in [5.74, 6) is 0.907. The Morgan fingerprint density at radius 1 is 1.05 bits per heavy atom. The second-order valence-electron chi connectivity index (χ2n) is 6.33. The van der Waals surface area contributed by atoms with Crippen LogP contribution in [0.2, 0.25) is 10.0 Å². The van der Waals surface area contributed by atoms with E-state index in [9.17, 15) is 5.11 Å². The molecule has 1 N–H and O–H groups in total. The Kier molecular flexibility index (Phi) is 6.16. The van der Waals surface area contributed by atoms with Crippen LogP contribution < -0.4 is 0 Å². The fourth-order valence-corrected chi connectivity index (χ4v) is 3.24. The molecule has 0 atom stereocenters. The highest BCUT2D eigenvalue weighted by molar-refractivity contribution is 6.35. The lowest BCUT2D eigenvalue weighted by atomic mass is 9.80. The third kappa shape index (κ3) is 5.72. The lowest BCUT2D eigenvalue weighted by molar-refractivity contribution is 0.000759. The van der Waals surface area contributed by atoms with Crippen molar-refractivity contribution in [2.45, 2.75) is 52.6 Å². The third-order valence-corrected chi connectivity index (χ3v) is 3.70. The van der Waals surface area contributed by atoms with E-state index in [1.807, 2.05) is 12.1 Å². The normalized spacial score (nSPS) is 12.5. The summed E-state index contributed by atoms with van der Waals surface area (Å²) >= 11 is 12.1. The van der Waals surface area contributed by atoms with Crippen LogP contribution in [-0.4, -0.2) is 10.7 Å². The van der Waals surface area contributed by atoms with Crippen molar-refractivity contribution in [3.63, 3.8) is 0 Å². The minimum Gasteiger partial charge on any atom is -0.390 e. The van der Waals surface area contributed by atoms with E-state index in [0.29, 0.717) is 28.3 Å². The van der Waals surface area contributed by atoms with Crippen LogP contribution in [0.15, 0.2) is 18.2 Å². The van der Waals surface area contributed by atoms with Gasteiger partial charge >= 0.3 is 0 Å². The van der Waals surface area contributed by atoms with Gasteiger partial charge in [-0.25, -0.2) is 0 Å². The molecule has 0 spiro atoms. The maximum absolute atomic E-state index is 10.9. The van der Waals surface area contributed by atoms with Crippen molar-refractivity contribution >= 4 is 23.2 Å². The minimum absolute atomic E-state index is 0.454. The molecule has 0 bridgehead atoms. The van der Waals surface area contributed by atoms with Gasteiger partial charge in [-0.05, 0) is 42.4 Å². The molecule has 0 amide bonds. The molecule has 19 heavy (non-hydrogen) atoms. The summed E-state index contributed by atoms with van der Waals surface area (Å²) in [5, 5.41) is 12.2. The van der Waals surface area contributed by atoms with Gasteiger partial charge in [0.1, 0.15) is 0 Å². The van der Waals surface area contributed by atoms with E-state index in [2.05, 4.69) is 27.7 Å². The zero-order valence-corrected chi connectivity index (χ0v) is 13.7. The zero-order chi connectivity index (χ0) is 14.6. The molecule has 0 fully saturated rings. The predicted molar refractivity (Wildman–Crippen MR) is 84.0 cm³/mol. The molecular weight excluding hydrogens is 279 g/mol. The largest absolute Gasteiger partial charge is 0.390 e. The minimum atomic E-state index is -0.695. The molecule has 1 rings (SSSR count). The standard InChI is InChI=1S/C16H24Cl2O/c1-11(2)8-16(19,9-12(3)4)10-13-5-6-14(17)7-15(13)18/h5-7,11-12,19H,8-10H2,1-4H3. The summed E-state index contributed by atoms with van der Waals surface area (Å²) in [5.41, 5.74) is 0.273. The van der Waals surface area contributed by atoms with Crippen LogP contribution in [0.3, 0.4) is 0 Å². The number of hydrogen-bond acceptors (Lipinski definition) is 1. The lowest BCUT2D eigenvalue weighted by Crippen LogP contribution is -2.35. The maximum Gasteiger partial charge on any atom is 0.0693 e. The summed E-state index contributed by atoms with van der Waals surface area (Å²) in [7, 11) is 0. The van der Waals surface area contributed by atoms with Crippen molar-refractivity contribution < 1.29 is 5.11 Å². The number of benzene rings is 1. The highest BCUT2D eigenvalue weighted by Gasteiger charge is 2.30. The summed E-state index contributed by atoms with van der Waals surface area (Å²) in [4.78, 5) is 0. The van der Waals surface area contributed by atoms with E-state index in [-0.39, 0.29) is 0 Å². The average Bonchev–Trinajstić information content (AvgIpc) is 2.19. The van der Waals surface area contributed by atoms with Crippen LogP contribution in [0.4, 0.5) is 0 Å². The molecule has 3 heteroatoms. The molecule has 0 aliphatic carbocycles. The van der Waals surface area contributed by atoms with Gasteiger partial charge in [-0.3, -0.25) is 0 Å². The van der Waals surface area contributed by atoms with E-state index in [0.717, 1.165) is 18.4 Å². The third-order valence-electron chi connectivity index (χ3n) is 3.11. The molecule has 0 saturated heterocycles. The number of halogens is 2. The number of rotatable bonds is 6. The van der Waals surface area contributed by atoms with E-state index < -0.39 is 5.60 Å². The van der Waals surface area contributed by atoms with Crippen molar-refractivity contribution in [2.75, 3.05) is 0 Å². The van der Waals surface area contributed by atoms with Crippen molar-refractivity contribution in [3.8, 4) is 0 Å². The van der Waals surface area contributed by atoms with Gasteiger partial charge < -0.3 is 5.11 Å². The van der Waals surface area contributed by atoms with Crippen molar-refractivity contribution in [2.24, 2.45) is 11.8 Å². The van der Waals surface area contributed by atoms with Crippen LogP contribution in [0, 0.1) is 11.8 Å². The highest BCUT2D eigenvalue weighted by Crippen LogP contribution is 2.32. The molecule has 1 aromatic carbocycles. The molecule has 0 radical (unpaired) electrons. The molecule has 0 aliphatic heterocycles. The highest BCUT2D eigenvalue weighted by atomic mass is 35.5. The Hall–Kier alpha value is -0.240. The van der Waals surface area contributed by atoms with Crippen LogP contribution >= 0.6 is 23.2 Å². The van der Waals surface area contributed by atoms with Crippen LogP contribution in [0.1, 0.15) is 46.1 Å². The van der Waals surface area contributed by atoms with Gasteiger partial charge in [0, 0.05) is 16.5 Å². The molecule has 1 aromatic rings. The monoisotopic (exact) mass is 302 g/mol. The van der Waals surface area contributed by atoms with Gasteiger partial charge in [0.2, 0.25) is 0 Å². The first-order valence-electron chi connectivity index (χ1n) is 6.88. The van der Waals surface area contributed by atoms with E-state index in [1.165, 1.54) is 0 Å². The SMILES string of the molecule is CC(C)CC(O)(Cc1ccc(Cl)cc1Cl)CC(C)C. The molecule has 0 heterocycles. The molecule has 0 aliphatic rings. The predicted octanol–water partition coefficient (Wildman–Crippen LogP) is 5.36. The number of aliphatic hydroxyl groups is 1. The van der Waals surface area contributed by atoms with Gasteiger partial charge in [-0.15, -0.1) is 0 Å². The Morgan fingerprint density at radius 3 is 2.00 bits per heavy atom. The second-order valence-corrected chi connectivity index (χ2v) is 7.18. The zero-order valence-electron chi connectivity index (χ0n) is 12.2.